The van der Waals surface area contributed by atoms with Crippen molar-refractivity contribution in [3.05, 3.63) is 22.6 Å². The van der Waals surface area contributed by atoms with Gasteiger partial charge in [0.1, 0.15) is 16.7 Å². The molecule has 2 rings (SSSR count). The average molecular weight is 287 g/mol. The summed E-state index contributed by atoms with van der Waals surface area (Å²) in [5.41, 5.74) is 6.39. The number of halogens is 1. The molecule has 15 heavy (non-hydrogen) atoms. The van der Waals surface area contributed by atoms with Crippen LogP contribution in [-0.2, 0) is 0 Å². The average Bonchev–Trinajstić information content (AvgIpc) is 2.49. The van der Waals surface area contributed by atoms with Crippen molar-refractivity contribution < 1.29 is 4.42 Å². The maximum Gasteiger partial charge on any atom is 0.263 e. The maximum atomic E-state index is 5.57. The van der Waals surface area contributed by atoms with Crippen LogP contribution in [0.25, 0.3) is 0 Å². The van der Waals surface area contributed by atoms with E-state index in [2.05, 4.69) is 30.9 Å². The molecule has 0 spiro atoms. The fourth-order valence-corrected chi connectivity index (χ4v) is 2.17. The molecule has 2 aromatic rings. The summed E-state index contributed by atoms with van der Waals surface area (Å²) in [6.07, 6.45) is 1.57. The van der Waals surface area contributed by atoms with Crippen molar-refractivity contribution >= 4 is 33.5 Å². The van der Waals surface area contributed by atoms with Crippen LogP contribution >= 0.6 is 27.7 Å². The molecule has 0 fully saturated rings. The normalized spacial score (nSPS) is 10.5. The molecule has 0 saturated heterocycles. The van der Waals surface area contributed by atoms with Crippen molar-refractivity contribution in [3.63, 3.8) is 0 Å². The lowest BCUT2D eigenvalue weighted by molar-refractivity contribution is 0.453. The molecule has 0 aliphatic carbocycles. The smallest absolute Gasteiger partial charge is 0.263 e. The molecule has 0 radical (unpaired) electrons. The standard InChI is InChI=1S/C8H7BrN4OS/c1-4-3-14-8(11-4)15-7-12-5(9)2-6(10)13-7/h2-3H,1H3,(H2,10,12,13). The van der Waals surface area contributed by atoms with Gasteiger partial charge in [0.15, 0.2) is 5.16 Å². The van der Waals surface area contributed by atoms with E-state index in [1.54, 1.807) is 12.3 Å². The molecule has 2 aromatic heterocycles. The molecular weight excluding hydrogens is 280 g/mol. The minimum absolute atomic E-state index is 0.405. The van der Waals surface area contributed by atoms with Gasteiger partial charge < -0.3 is 10.2 Å². The topological polar surface area (TPSA) is 77.8 Å². The van der Waals surface area contributed by atoms with Crippen LogP contribution in [0.5, 0.6) is 0 Å². The summed E-state index contributed by atoms with van der Waals surface area (Å²) in [4.78, 5) is 12.3. The molecule has 7 heteroatoms. The lowest BCUT2D eigenvalue weighted by Crippen LogP contribution is -1.94. The zero-order valence-electron chi connectivity index (χ0n) is 7.77. The lowest BCUT2D eigenvalue weighted by Gasteiger charge is -1.98. The zero-order chi connectivity index (χ0) is 10.8. The number of nitrogen functional groups attached to an aromatic ring is 1. The highest BCUT2D eigenvalue weighted by atomic mass is 79.9. The van der Waals surface area contributed by atoms with E-state index in [1.807, 2.05) is 6.92 Å². The number of nitrogens with zero attached hydrogens (tertiary/aromatic N) is 3. The van der Waals surface area contributed by atoms with E-state index in [9.17, 15) is 0 Å². The lowest BCUT2D eigenvalue weighted by atomic mass is 10.6. The fraction of sp³-hybridized carbons (Fsp3) is 0.125. The molecule has 2 heterocycles. The quantitative estimate of drug-likeness (QED) is 0.674. The summed E-state index contributed by atoms with van der Waals surface area (Å²) >= 11 is 4.46. The largest absolute Gasteiger partial charge is 0.439 e. The third kappa shape index (κ3) is 2.69. The summed E-state index contributed by atoms with van der Waals surface area (Å²) in [7, 11) is 0. The molecule has 0 saturated carbocycles. The highest BCUT2D eigenvalue weighted by molar-refractivity contribution is 9.10. The molecule has 0 aromatic carbocycles. The van der Waals surface area contributed by atoms with Gasteiger partial charge in [-0.15, -0.1) is 0 Å². The van der Waals surface area contributed by atoms with Gasteiger partial charge in [0.2, 0.25) is 0 Å². The minimum atomic E-state index is 0.405. The molecule has 5 nitrogen and oxygen atoms in total. The fourth-order valence-electron chi connectivity index (χ4n) is 0.916. The highest BCUT2D eigenvalue weighted by Crippen LogP contribution is 2.25. The monoisotopic (exact) mass is 286 g/mol. The van der Waals surface area contributed by atoms with E-state index in [0.717, 1.165) is 5.69 Å². The minimum Gasteiger partial charge on any atom is -0.439 e. The first-order valence-corrected chi connectivity index (χ1v) is 5.64. The number of hydrogen-bond donors (Lipinski definition) is 1. The van der Waals surface area contributed by atoms with Gasteiger partial charge in [-0.1, -0.05) is 0 Å². The Labute approximate surface area is 98.6 Å². The molecule has 2 N–H and O–H groups in total. The second kappa shape index (κ2) is 4.19. The van der Waals surface area contributed by atoms with Gasteiger partial charge in [0.05, 0.1) is 5.69 Å². The van der Waals surface area contributed by atoms with Gasteiger partial charge >= 0.3 is 0 Å². The number of aromatic nitrogens is 3. The Morgan fingerprint density at radius 3 is 2.80 bits per heavy atom. The summed E-state index contributed by atoms with van der Waals surface area (Å²) in [6, 6.07) is 1.63. The third-order valence-corrected chi connectivity index (χ3v) is 2.60. The van der Waals surface area contributed by atoms with Crippen LogP contribution in [0.3, 0.4) is 0 Å². The van der Waals surface area contributed by atoms with E-state index >= 15 is 0 Å². The Hall–Kier alpha value is -1.08. The number of anilines is 1. The van der Waals surface area contributed by atoms with Crippen LogP contribution < -0.4 is 5.73 Å². The van der Waals surface area contributed by atoms with Crippen molar-refractivity contribution in [3.8, 4) is 0 Å². The van der Waals surface area contributed by atoms with Crippen molar-refractivity contribution in [1.29, 1.82) is 0 Å². The van der Waals surface area contributed by atoms with Crippen molar-refractivity contribution in [2.45, 2.75) is 17.3 Å². The molecule has 0 bridgehead atoms. The van der Waals surface area contributed by atoms with Gasteiger partial charge in [0, 0.05) is 17.8 Å². The highest BCUT2D eigenvalue weighted by Gasteiger charge is 2.07. The van der Waals surface area contributed by atoms with E-state index in [1.165, 1.54) is 11.8 Å². The van der Waals surface area contributed by atoms with Crippen molar-refractivity contribution in [1.82, 2.24) is 15.0 Å². The Kier molecular flexibility index (Phi) is 2.92. The Morgan fingerprint density at radius 2 is 2.20 bits per heavy atom. The van der Waals surface area contributed by atoms with Crippen molar-refractivity contribution in [2.75, 3.05) is 5.73 Å². The number of aryl methyl sites for hydroxylation is 1. The SMILES string of the molecule is Cc1coc(Sc2nc(N)cc(Br)n2)n1. The van der Waals surface area contributed by atoms with Gasteiger partial charge in [-0.05, 0) is 22.9 Å². The zero-order valence-corrected chi connectivity index (χ0v) is 10.2. The van der Waals surface area contributed by atoms with E-state index < -0.39 is 0 Å². The van der Waals surface area contributed by atoms with Crippen LogP contribution in [0.15, 0.2) is 31.7 Å². The molecular formula is C8H7BrN4OS. The Bertz CT molecular complexity index is 467. The summed E-state index contributed by atoms with van der Waals surface area (Å²) < 4.78 is 5.80. The first kappa shape index (κ1) is 10.4. The molecule has 0 unspecified atom stereocenters. The van der Waals surface area contributed by atoms with Gasteiger partial charge in [-0.3, -0.25) is 0 Å². The third-order valence-electron chi connectivity index (χ3n) is 1.47. The van der Waals surface area contributed by atoms with Gasteiger partial charge in [0.25, 0.3) is 5.22 Å². The van der Waals surface area contributed by atoms with Crippen LogP contribution in [-0.4, -0.2) is 15.0 Å². The van der Waals surface area contributed by atoms with Crippen LogP contribution in [0.2, 0.25) is 0 Å². The molecule has 78 valence electrons. The van der Waals surface area contributed by atoms with Crippen LogP contribution in [0.4, 0.5) is 5.82 Å². The van der Waals surface area contributed by atoms with Gasteiger partial charge in [-0.25, -0.2) is 15.0 Å². The van der Waals surface area contributed by atoms with E-state index in [0.29, 0.717) is 20.8 Å². The van der Waals surface area contributed by atoms with E-state index in [-0.39, 0.29) is 0 Å². The first-order chi connectivity index (χ1) is 7.13. The second-order valence-corrected chi connectivity index (χ2v) is 4.49. The molecule has 0 atom stereocenters. The van der Waals surface area contributed by atoms with Crippen molar-refractivity contribution in [2.24, 2.45) is 0 Å². The van der Waals surface area contributed by atoms with E-state index in [4.69, 9.17) is 10.2 Å². The molecule has 0 aliphatic heterocycles. The first-order valence-electron chi connectivity index (χ1n) is 4.03. The molecule has 0 aliphatic rings. The number of nitrogens with two attached hydrogens (primary N) is 1. The predicted octanol–water partition coefficient (Wildman–Crippen LogP) is 2.27. The summed E-state index contributed by atoms with van der Waals surface area (Å²) in [5.74, 6) is 0.405. The Balaban J connectivity index is 2.24. The Morgan fingerprint density at radius 1 is 1.40 bits per heavy atom. The number of rotatable bonds is 2. The predicted molar refractivity (Wildman–Crippen MR) is 59.5 cm³/mol. The second-order valence-electron chi connectivity index (χ2n) is 2.75. The summed E-state index contributed by atoms with van der Waals surface area (Å²) in [5, 5.41) is 1.01. The van der Waals surface area contributed by atoms with Crippen LogP contribution in [0, 0.1) is 6.92 Å². The number of oxazole rings is 1. The number of hydrogen-bond acceptors (Lipinski definition) is 6. The summed E-state index contributed by atoms with van der Waals surface area (Å²) in [6.45, 7) is 1.85. The van der Waals surface area contributed by atoms with Crippen LogP contribution in [0.1, 0.15) is 5.69 Å². The molecule has 0 amide bonds. The maximum absolute atomic E-state index is 5.57. The van der Waals surface area contributed by atoms with Gasteiger partial charge in [-0.2, -0.15) is 0 Å².